The van der Waals surface area contributed by atoms with Crippen LogP contribution >= 0.6 is 0 Å². The van der Waals surface area contributed by atoms with E-state index in [4.69, 9.17) is 5.73 Å². The average molecular weight is 297 g/mol. The molecular weight excluding hydrogens is 284 g/mol. The van der Waals surface area contributed by atoms with Gasteiger partial charge in [0.15, 0.2) is 11.6 Å². The van der Waals surface area contributed by atoms with Gasteiger partial charge in [-0.05, 0) is 12.5 Å². The maximum Gasteiger partial charge on any atom is 0.257 e. The minimum atomic E-state index is -1.23. The topological polar surface area (TPSA) is 92.5 Å². The molecule has 112 valence electrons. The van der Waals surface area contributed by atoms with Crippen LogP contribution < -0.4 is 11.1 Å². The SMILES string of the molecule is CCC1C(=O)NC(=O)CN1C(=O)c1cc(F)c(F)cc1N. The molecule has 8 heteroatoms. The van der Waals surface area contributed by atoms with Crippen molar-refractivity contribution >= 4 is 23.4 Å². The number of nitrogens with zero attached hydrogens (tertiary/aromatic N) is 1. The maximum atomic E-state index is 13.3. The lowest BCUT2D eigenvalue weighted by Crippen LogP contribution is -2.59. The van der Waals surface area contributed by atoms with Crippen LogP contribution in [0.15, 0.2) is 12.1 Å². The maximum absolute atomic E-state index is 13.3. The highest BCUT2D eigenvalue weighted by atomic mass is 19.2. The van der Waals surface area contributed by atoms with E-state index in [1.807, 2.05) is 0 Å². The Hall–Kier alpha value is -2.51. The largest absolute Gasteiger partial charge is 0.398 e. The molecule has 0 saturated carbocycles. The molecule has 1 aliphatic rings. The molecule has 2 rings (SSSR count). The summed E-state index contributed by atoms with van der Waals surface area (Å²) in [4.78, 5) is 36.5. The molecular formula is C13H13F2N3O3. The lowest BCUT2D eigenvalue weighted by atomic mass is 10.1. The number of benzene rings is 1. The summed E-state index contributed by atoms with van der Waals surface area (Å²) in [5.41, 5.74) is 4.97. The highest BCUT2D eigenvalue weighted by Gasteiger charge is 2.36. The highest BCUT2D eigenvalue weighted by Crippen LogP contribution is 2.21. The first-order chi connectivity index (χ1) is 9.85. The number of rotatable bonds is 2. The van der Waals surface area contributed by atoms with Crippen molar-refractivity contribution in [1.29, 1.82) is 0 Å². The lowest BCUT2D eigenvalue weighted by molar-refractivity contribution is -0.138. The van der Waals surface area contributed by atoms with Gasteiger partial charge in [-0.2, -0.15) is 0 Å². The number of nitrogen functional groups attached to an aromatic ring is 1. The van der Waals surface area contributed by atoms with Gasteiger partial charge in [0, 0.05) is 11.8 Å². The number of amides is 3. The van der Waals surface area contributed by atoms with Crippen LogP contribution in [0.2, 0.25) is 0 Å². The molecule has 1 fully saturated rings. The van der Waals surface area contributed by atoms with Gasteiger partial charge in [-0.25, -0.2) is 8.78 Å². The van der Waals surface area contributed by atoms with E-state index in [-0.39, 0.29) is 24.2 Å². The number of halogens is 2. The number of carbonyl (C=O) groups excluding carboxylic acids is 3. The van der Waals surface area contributed by atoms with Crippen molar-refractivity contribution < 1.29 is 23.2 Å². The number of imide groups is 1. The summed E-state index contributed by atoms with van der Waals surface area (Å²) in [7, 11) is 0. The van der Waals surface area contributed by atoms with Gasteiger partial charge in [-0.1, -0.05) is 6.92 Å². The van der Waals surface area contributed by atoms with E-state index in [0.717, 1.165) is 4.90 Å². The predicted octanol–water partition coefficient (Wildman–Crippen LogP) is 0.424. The molecule has 0 aliphatic carbocycles. The number of nitrogens with two attached hydrogens (primary N) is 1. The smallest absolute Gasteiger partial charge is 0.257 e. The Kier molecular flexibility index (Phi) is 3.88. The van der Waals surface area contributed by atoms with Gasteiger partial charge >= 0.3 is 0 Å². The van der Waals surface area contributed by atoms with E-state index < -0.39 is 35.4 Å². The average Bonchev–Trinajstić information content (AvgIpc) is 2.41. The van der Waals surface area contributed by atoms with Crippen LogP contribution in [0.4, 0.5) is 14.5 Å². The molecule has 1 aromatic carbocycles. The van der Waals surface area contributed by atoms with Crippen LogP contribution in [0, 0.1) is 11.6 Å². The molecule has 1 aliphatic heterocycles. The highest BCUT2D eigenvalue weighted by molar-refractivity contribution is 6.08. The Labute approximate surface area is 118 Å². The molecule has 21 heavy (non-hydrogen) atoms. The third-order valence-electron chi connectivity index (χ3n) is 3.23. The van der Waals surface area contributed by atoms with Gasteiger partial charge in [-0.15, -0.1) is 0 Å². The van der Waals surface area contributed by atoms with Crippen LogP contribution in [-0.4, -0.2) is 35.2 Å². The van der Waals surface area contributed by atoms with Crippen molar-refractivity contribution in [3.63, 3.8) is 0 Å². The van der Waals surface area contributed by atoms with Gasteiger partial charge in [-0.3, -0.25) is 19.7 Å². The molecule has 1 aromatic rings. The zero-order valence-corrected chi connectivity index (χ0v) is 11.2. The molecule has 1 heterocycles. The Morgan fingerprint density at radius 1 is 1.38 bits per heavy atom. The van der Waals surface area contributed by atoms with Crippen molar-refractivity contribution in [2.24, 2.45) is 0 Å². The normalized spacial score (nSPS) is 18.6. The monoisotopic (exact) mass is 297 g/mol. The quantitative estimate of drug-likeness (QED) is 0.611. The number of hydrogen-bond donors (Lipinski definition) is 2. The first kappa shape index (κ1) is 14.9. The molecule has 3 amide bonds. The van der Waals surface area contributed by atoms with Crippen LogP contribution in [0.5, 0.6) is 0 Å². The Morgan fingerprint density at radius 3 is 2.62 bits per heavy atom. The second kappa shape index (κ2) is 5.47. The molecule has 0 aromatic heterocycles. The second-order valence-electron chi connectivity index (χ2n) is 4.62. The van der Waals surface area contributed by atoms with Crippen molar-refractivity contribution in [3.8, 4) is 0 Å². The third kappa shape index (κ3) is 2.69. The fourth-order valence-corrected chi connectivity index (χ4v) is 2.19. The molecule has 1 saturated heterocycles. The Balaban J connectivity index is 2.40. The van der Waals surface area contributed by atoms with Crippen molar-refractivity contribution in [2.45, 2.75) is 19.4 Å². The summed E-state index contributed by atoms with van der Waals surface area (Å²) >= 11 is 0. The second-order valence-corrected chi connectivity index (χ2v) is 4.62. The summed E-state index contributed by atoms with van der Waals surface area (Å²) in [6.07, 6.45) is 0.272. The van der Waals surface area contributed by atoms with Gasteiger partial charge in [0.1, 0.15) is 12.6 Å². The van der Waals surface area contributed by atoms with Crippen LogP contribution in [0.25, 0.3) is 0 Å². The zero-order valence-electron chi connectivity index (χ0n) is 11.2. The van der Waals surface area contributed by atoms with Crippen molar-refractivity contribution in [3.05, 3.63) is 29.3 Å². The standard InChI is InChI=1S/C13H13F2N3O3/c1-2-10-12(20)17-11(19)5-18(10)13(21)6-3-7(14)8(15)4-9(6)16/h3-4,10H,2,5,16H2,1H3,(H,17,19,20). The number of piperazine rings is 1. The zero-order chi connectivity index (χ0) is 15.7. The fourth-order valence-electron chi connectivity index (χ4n) is 2.19. The van der Waals surface area contributed by atoms with E-state index in [2.05, 4.69) is 5.32 Å². The van der Waals surface area contributed by atoms with Crippen LogP contribution in [0.1, 0.15) is 23.7 Å². The molecule has 6 nitrogen and oxygen atoms in total. The molecule has 1 unspecified atom stereocenters. The minimum absolute atomic E-state index is 0.257. The van der Waals surface area contributed by atoms with E-state index in [1.54, 1.807) is 6.92 Å². The molecule has 0 spiro atoms. The Morgan fingerprint density at radius 2 is 2.00 bits per heavy atom. The fraction of sp³-hybridized carbons (Fsp3) is 0.308. The molecule has 3 N–H and O–H groups in total. The number of hydrogen-bond acceptors (Lipinski definition) is 4. The first-order valence-corrected chi connectivity index (χ1v) is 6.24. The van der Waals surface area contributed by atoms with E-state index in [0.29, 0.717) is 12.1 Å². The van der Waals surface area contributed by atoms with E-state index in [1.165, 1.54) is 0 Å². The van der Waals surface area contributed by atoms with Crippen molar-refractivity contribution in [1.82, 2.24) is 10.2 Å². The van der Waals surface area contributed by atoms with E-state index >= 15 is 0 Å². The lowest BCUT2D eigenvalue weighted by Gasteiger charge is -2.33. The minimum Gasteiger partial charge on any atom is -0.398 e. The third-order valence-corrected chi connectivity index (χ3v) is 3.23. The van der Waals surface area contributed by atoms with E-state index in [9.17, 15) is 23.2 Å². The van der Waals surface area contributed by atoms with Crippen molar-refractivity contribution in [2.75, 3.05) is 12.3 Å². The summed E-state index contributed by atoms with van der Waals surface area (Å²) in [6, 6.07) is 0.495. The number of carbonyl (C=O) groups is 3. The summed E-state index contributed by atoms with van der Waals surface area (Å²) < 4.78 is 26.3. The van der Waals surface area contributed by atoms with Gasteiger partial charge in [0.05, 0.1) is 5.56 Å². The molecule has 0 radical (unpaired) electrons. The van der Waals surface area contributed by atoms with Gasteiger partial charge in [0.2, 0.25) is 11.8 Å². The van der Waals surface area contributed by atoms with Gasteiger partial charge < -0.3 is 10.6 Å². The van der Waals surface area contributed by atoms with Gasteiger partial charge in [0.25, 0.3) is 5.91 Å². The number of anilines is 1. The summed E-state index contributed by atoms with van der Waals surface area (Å²) in [5, 5.41) is 2.11. The molecule has 1 atom stereocenters. The molecule has 0 bridgehead atoms. The Bertz CT molecular complexity index is 633. The first-order valence-electron chi connectivity index (χ1n) is 6.24. The van der Waals surface area contributed by atoms with Crippen LogP contribution in [0.3, 0.4) is 0 Å². The summed E-state index contributed by atoms with van der Waals surface area (Å²) in [5.74, 6) is -4.44. The summed E-state index contributed by atoms with van der Waals surface area (Å²) in [6.45, 7) is 1.32. The van der Waals surface area contributed by atoms with Crippen LogP contribution in [-0.2, 0) is 9.59 Å². The number of nitrogens with one attached hydrogen (secondary N) is 1. The predicted molar refractivity (Wildman–Crippen MR) is 69.0 cm³/mol.